The normalized spacial score (nSPS) is 23.3. The molecular weight excluding hydrogens is 238 g/mol. The van der Waals surface area contributed by atoms with Gasteiger partial charge in [0.15, 0.2) is 0 Å². The van der Waals surface area contributed by atoms with E-state index < -0.39 is 0 Å². The zero-order valence-electron chi connectivity index (χ0n) is 11.3. The van der Waals surface area contributed by atoms with Gasteiger partial charge in [0.25, 0.3) is 0 Å². The highest BCUT2D eigenvalue weighted by molar-refractivity contribution is 5.79. The maximum Gasteiger partial charge on any atom is 0.135 e. The van der Waals surface area contributed by atoms with Gasteiger partial charge >= 0.3 is 0 Å². The summed E-state index contributed by atoms with van der Waals surface area (Å²) in [6, 6.07) is 5.79. The molecule has 0 spiro atoms. The topological polar surface area (TPSA) is 64.1 Å². The highest BCUT2D eigenvalue weighted by Crippen LogP contribution is 2.32. The molecule has 1 aliphatic rings. The Hall–Kier alpha value is -1.55. The molecule has 1 aromatic heterocycles. The molecule has 0 amide bonds. The summed E-state index contributed by atoms with van der Waals surface area (Å²) >= 11 is 0. The number of imidazole rings is 1. The fourth-order valence-corrected chi connectivity index (χ4v) is 3.27. The Bertz CT molecular complexity index is 590. The van der Waals surface area contributed by atoms with Gasteiger partial charge in [-0.25, -0.2) is 4.98 Å². The molecule has 0 saturated heterocycles. The van der Waals surface area contributed by atoms with Crippen LogP contribution in [0, 0.1) is 11.8 Å². The summed E-state index contributed by atoms with van der Waals surface area (Å²) in [6.45, 7) is 3.26. The van der Waals surface area contributed by atoms with Crippen molar-refractivity contribution in [3.8, 4) is 0 Å². The third kappa shape index (κ3) is 2.32. The van der Waals surface area contributed by atoms with Crippen molar-refractivity contribution in [3.63, 3.8) is 0 Å². The summed E-state index contributed by atoms with van der Waals surface area (Å²) in [5, 5.41) is 9.50. The lowest BCUT2D eigenvalue weighted by atomic mass is 10.1. The molecule has 3 N–H and O–H groups in total. The molecule has 1 fully saturated rings. The average molecular weight is 259 g/mol. The Labute approximate surface area is 113 Å². The number of nitrogens with two attached hydrogens (primary N) is 1. The van der Waals surface area contributed by atoms with Gasteiger partial charge < -0.3 is 15.4 Å². The van der Waals surface area contributed by atoms with E-state index in [4.69, 9.17) is 5.73 Å². The fraction of sp³-hybridized carbons (Fsp3) is 0.533. The molecule has 19 heavy (non-hydrogen) atoms. The second-order valence-electron chi connectivity index (χ2n) is 5.83. The van der Waals surface area contributed by atoms with Crippen molar-refractivity contribution in [3.05, 3.63) is 24.0 Å². The minimum absolute atomic E-state index is 0.0170. The van der Waals surface area contributed by atoms with Crippen molar-refractivity contribution < 1.29 is 5.11 Å². The van der Waals surface area contributed by atoms with Crippen molar-refractivity contribution in [2.45, 2.75) is 39.3 Å². The Balaban J connectivity index is 1.96. The maximum absolute atomic E-state index is 9.50. The smallest absolute Gasteiger partial charge is 0.135 e. The minimum atomic E-state index is -0.0170. The first-order valence-corrected chi connectivity index (χ1v) is 7.03. The number of aromatic nitrogens is 2. The third-order valence-corrected chi connectivity index (χ3v) is 4.24. The van der Waals surface area contributed by atoms with Gasteiger partial charge in [-0.2, -0.15) is 0 Å². The Morgan fingerprint density at radius 1 is 1.42 bits per heavy atom. The van der Waals surface area contributed by atoms with Crippen LogP contribution >= 0.6 is 0 Å². The van der Waals surface area contributed by atoms with Crippen LogP contribution in [0.25, 0.3) is 11.0 Å². The summed E-state index contributed by atoms with van der Waals surface area (Å²) in [4.78, 5) is 4.49. The first kappa shape index (κ1) is 12.5. The number of rotatable bonds is 3. The van der Waals surface area contributed by atoms with Crippen molar-refractivity contribution in [2.75, 3.05) is 5.73 Å². The maximum atomic E-state index is 9.50. The van der Waals surface area contributed by atoms with Crippen LogP contribution in [0.5, 0.6) is 0 Å². The molecule has 0 bridgehead atoms. The van der Waals surface area contributed by atoms with Crippen molar-refractivity contribution in [2.24, 2.45) is 11.8 Å². The highest BCUT2D eigenvalue weighted by Gasteiger charge is 2.23. The van der Waals surface area contributed by atoms with Gasteiger partial charge in [-0.15, -0.1) is 0 Å². The quantitative estimate of drug-likeness (QED) is 0.833. The molecule has 2 aromatic rings. The van der Waals surface area contributed by atoms with E-state index in [0.717, 1.165) is 35.0 Å². The Morgan fingerprint density at radius 2 is 2.26 bits per heavy atom. The number of hydrogen-bond donors (Lipinski definition) is 2. The number of hydrogen-bond acceptors (Lipinski definition) is 3. The van der Waals surface area contributed by atoms with E-state index in [-0.39, 0.29) is 6.61 Å². The van der Waals surface area contributed by atoms with Gasteiger partial charge in [-0.05, 0) is 42.9 Å². The number of anilines is 1. The summed E-state index contributed by atoms with van der Waals surface area (Å²) < 4.78 is 2.16. The SMILES string of the molecule is CC1CCC(Cn2c(CO)nc3cc(N)ccc32)C1. The molecule has 0 radical (unpaired) electrons. The van der Waals surface area contributed by atoms with Gasteiger partial charge in [0.1, 0.15) is 12.4 Å². The molecule has 0 aliphatic heterocycles. The number of nitrogen functional groups attached to an aromatic ring is 1. The molecule has 4 heteroatoms. The van der Waals surface area contributed by atoms with Gasteiger partial charge in [0.05, 0.1) is 11.0 Å². The van der Waals surface area contributed by atoms with Gasteiger partial charge in [0.2, 0.25) is 0 Å². The monoisotopic (exact) mass is 259 g/mol. The average Bonchev–Trinajstić information content (AvgIpc) is 2.94. The number of benzene rings is 1. The fourth-order valence-electron chi connectivity index (χ4n) is 3.27. The molecule has 4 nitrogen and oxygen atoms in total. The van der Waals surface area contributed by atoms with Gasteiger partial charge in [-0.1, -0.05) is 13.3 Å². The van der Waals surface area contributed by atoms with Gasteiger partial charge in [0, 0.05) is 12.2 Å². The molecule has 1 saturated carbocycles. The summed E-state index contributed by atoms with van der Waals surface area (Å²) in [7, 11) is 0. The van der Waals surface area contributed by atoms with E-state index in [2.05, 4.69) is 16.5 Å². The summed E-state index contributed by atoms with van der Waals surface area (Å²) in [5.74, 6) is 2.28. The zero-order chi connectivity index (χ0) is 13.4. The predicted molar refractivity (Wildman–Crippen MR) is 76.6 cm³/mol. The molecular formula is C15H21N3O. The molecule has 2 unspecified atom stereocenters. The highest BCUT2D eigenvalue weighted by atomic mass is 16.3. The zero-order valence-corrected chi connectivity index (χ0v) is 11.3. The lowest BCUT2D eigenvalue weighted by Gasteiger charge is -2.13. The largest absolute Gasteiger partial charge is 0.399 e. The van der Waals surface area contributed by atoms with E-state index in [0.29, 0.717) is 5.92 Å². The van der Waals surface area contributed by atoms with Crippen LogP contribution in [0.4, 0.5) is 5.69 Å². The van der Waals surface area contributed by atoms with E-state index in [1.165, 1.54) is 19.3 Å². The first-order chi connectivity index (χ1) is 9.17. The van der Waals surface area contributed by atoms with Crippen LogP contribution in [0.3, 0.4) is 0 Å². The van der Waals surface area contributed by atoms with Crippen LogP contribution in [0.1, 0.15) is 32.0 Å². The Kier molecular flexibility index (Phi) is 3.19. The molecule has 102 valence electrons. The number of aliphatic hydroxyl groups excluding tert-OH is 1. The summed E-state index contributed by atoms with van der Waals surface area (Å²) in [5.41, 5.74) is 8.48. The number of aliphatic hydroxyl groups is 1. The molecule has 1 aliphatic carbocycles. The number of fused-ring (bicyclic) bond motifs is 1. The van der Waals surface area contributed by atoms with Crippen LogP contribution in [-0.2, 0) is 13.2 Å². The standard InChI is InChI=1S/C15H21N3O/c1-10-2-3-11(6-10)8-18-14-5-4-12(16)7-13(14)17-15(18)9-19/h4-5,7,10-11,19H,2-3,6,8-9,16H2,1H3. The lowest BCUT2D eigenvalue weighted by molar-refractivity contribution is 0.262. The number of nitrogens with zero attached hydrogens (tertiary/aromatic N) is 2. The van der Waals surface area contributed by atoms with Crippen molar-refractivity contribution in [1.29, 1.82) is 0 Å². The minimum Gasteiger partial charge on any atom is -0.399 e. The summed E-state index contributed by atoms with van der Waals surface area (Å²) in [6.07, 6.45) is 3.87. The molecule has 1 aromatic carbocycles. The van der Waals surface area contributed by atoms with Crippen molar-refractivity contribution >= 4 is 16.7 Å². The van der Waals surface area contributed by atoms with E-state index in [1.54, 1.807) is 0 Å². The van der Waals surface area contributed by atoms with Gasteiger partial charge in [-0.3, -0.25) is 0 Å². The molecule has 3 rings (SSSR count). The van der Waals surface area contributed by atoms with Crippen LogP contribution < -0.4 is 5.73 Å². The lowest BCUT2D eigenvalue weighted by Crippen LogP contribution is -2.11. The van der Waals surface area contributed by atoms with Crippen LogP contribution in [-0.4, -0.2) is 14.7 Å². The molecule has 1 heterocycles. The second kappa shape index (κ2) is 4.85. The van der Waals surface area contributed by atoms with Crippen LogP contribution in [0.2, 0.25) is 0 Å². The van der Waals surface area contributed by atoms with Crippen molar-refractivity contribution in [1.82, 2.24) is 9.55 Å². The first-order valence-electron chi connectivity index (χ1n) is 7.03. The predicted octanol–water partition coefficient (Wildman–Crippen LogP) is 2.55. The Morgan fingerprint density at radius 3 is 2.95 bits per heavy atom. The van der Waals surface area contributed by atoms with E-state index >= 15 is 0 Å². The van der Waals surface area contributed by atoms with Crippen LogP contribution in [0.15, 0.2) is 18.2 Å². The third-order valence-electron chi connectivity index (χ3n) is 4.24. The van der Waals surface area contributed by atoms with E-state index in [9.17, 15) is 5.11 Å². The molecule has 2 atom stereocenters. The second-order valence-corrected chi connectivity index (χ2v) is 5.83. The van der Waals surface area contributed by atoms with E-state index in [1.807, 2.05) is 18.2 Å².